The highest BCUT2D eigenvalue weighted by Crippen LogP contribution is 2.13. The van der Waals surface area contributed by atoms with Gasteiger partial charge >= 0.3 is 0 Å². The molecule has 0 aromatic heterocycles. The van der Waals surface area contributed by atoms with Crippen LogP contribution in [-0.2, 0) is 0 Å². The molecule has 56 valence electrons. The summed E-state index contributed by atoms with van der Waals surface area (Å²) in [6.07, 6.45) is 0. The molecule has 1 unspecified atom stereocenters. The molecular formula is C7H17NO. The Balaban J connectivity index is 3.59. The van der Waals surface area contributed by atoms with Gasteiger partial charge in [0, 0.05) is 6.54 Å². The van der Waals surface area contributed by atoms with Gasteiger partial charge in [0.05, 0.1) is 5.60 Å². The molecule has 0 aromatic rings. The van der Waals surface area contributed by atoms with Crippen molar-refractivity contribution in [2.45, 2.75) is 26.4 Å². The number of aliphatic hydroxyl groups is 1. The smallest absolute Gasteiger partial charge is 0.0629 e. The zero-order valence-corrected chi connectivity index (χ0v) is 6.73. The van der Waals surface area contributed by atoms with Gasteiger partial charge in [-0.05, 0) is 26.8 Å². The van der Waals surface area contributed by atoms with Crippen LogP contribution in [0.4, 0.5) is 0 Å². The third-order valence-electron chi connectivity index (χ3n) is 1.72. The van der Waals surface area contributed by atoms with Gasteiger partial charge in [0.15, 0.2) is 0 Å². The Morgan fingerprint density at radius 1 is 1.56 bits per heavy atom. The van der Waals surface area contributed by atoms with Crippen molar-refractivity contribution in [1.82, 2.24) is 5.32 Å². The van der Waals surface area contributed by atoms with Crippen LogP contribution in [0.2, 0.25) is 0 Å². The second-order valence-electron chi connectivity index (χ2n) is 3.11. The molecule has 0 aliphatic carbocycles. The van der Waals surface area contributed by atoms with Gasteiger partial charge in [-0.2, -0.15) is 0 Å². The van der Waals surface area contributed by atoms with E-state index < -0.39 is 5.60 Å². The second kappa shape index (κ2) is 3.18. The molecule has 0 heterocycles. The molecule has 2 N–H and O–H groups in total. The van der Waals surface area contributed by atoms with E-state index >= 15 is 0 Å². The van der Waals surface area contributed by atoms with Gasteiger partial charge in [-0.15, -0.1) is 0 Å². The molecule has 0 aliphatic rings. The molecule has 0 aliphatic heterocycles. The lowest BCUT2D eigenvalue weighted by molar-refractivity contribution is 0.0259. The lowest BCUT2D eigenvalue weighted by Gasteiger charge is -2.25. The summed E-state index contributed by atoms with van der Waals surface area (Å²) in [5.74, 6) is 0.308. The lowest BCUT2D eigenvalue weighted by atomic mass is 9.93. The molecule has 9 heavy (non-hydrogen) atoms. The average molecular weight is 131 g/mol. The summed E-state index contributed by atoms with van der Waals surface area (Å²) in [6, 6.07) is 0. The molecular weight excluding hydrogens is 114 g/mol. The van der Waals surface area contributed by atoms with Crippen molar-refractivity contribution < 1.29 is 5.11 Å². The van der Waals surface area contributed by atoms with Crippen LogP contribution < -0.4 is 5.32 Å². The monoisotopic (exact) mass is 131 g/mol. The maximum Gasteiger partial charge on any atom is 0.0629 e. The van der Waals surface area contributed by atoms with E-state index in [0.29, 0.717) is 5.92 Å². The Labute approximate surface area is 57.3 Å². The number of hydrogen-bond donors (Lipinski definition) is 2. The van der Waals surface area contributed by atoms with Crippen molar-refractivity contribution in [3.63, 3.8) is 0 Å². The van der Waals surface area contributed by atoms with Gasteiger partial charge in [0.25, 0.3) is 0 Å². The maximum absolute atomic E-state index is 9.38. The minimum absolute atomic E-state index is 0.308. The SMILES string of the molecule is CNCC(C)C(C)(C)O. The quantitative estimate of drug-likeness (QED) is 0.588. The molecule has 1 atom stereocenters. The van der Waals surface area contributed by atoms with Crippen molar-refractivity contribution >= 4 is 0 Å². The summed E-state index contributed by atoms with van der Waals surface area (Å²) >= 11 is 0. The lowest BCUT2D eigenvalue weighted by Crippen LogP contribution is -2.35. The predicted octanol–water partition coefficient (Wildman–Crippen LogP) is 0.613. The summed E-state index contributed by atoms with van der Waals surface area (Å²) in [7, 11) is 1.89. The maximum atomic E-state index is 9.38. The van der Waals surface area contributed by atoms with E-state index in [-0.39, 0.29) is 0 Å². The van der Waals surface area contributed by atoms with Crippen LogP contribution in [0.1, 0.15) is 20.8 Å². The topological polar surface area (TPSA) is 32.3 Å². The Morgan fingerprint density at radius 2 is 2.00 bits per heavy atom. The summed E-state index contributed by atoms with van der Waals surface area (Å²) in [5.41, 5.74) is -0.553. The van der Waals surface area contributed by atoms with E-state index in [1.165, 1.54) is 0 Å². The van der Waals surface area contributed by atoms with Crippen LogP contribution in [0.15, 0.2) is 0 Å². The van der Waals surface area contributed by atoms with E-state index in [0.717, 1.165) is 6.54 Å². The van der Waals surface area contributed by atoms with Crippen molar-refractivity contribution in [3.05, 3.63) is 0 Å². The van der Waals surface area contributed by atoms with Gasteiger partial charge in [-0.1, -0.05) is 6.92 Å². The molecule has 0 spiro atoms. The van der Waals surface area contributed by atoms with E-state index in [4.69, 9.17) is 0 Å². The molecule has 0 radical (unpaired) electrons. The summed E-state index contributed by atoms with van der Waals surface area (Å²) in [5, 5.41) is 12.4. The van der Waals surface area contributed by atoms with Crippen molar-refractivity contribution in [2.75, 3.05) is 13.6 Å². The molecule has 0 rings (SSSR count). The highest BCUT2D eigenvalue weighted by atomic mass is 16.3. The minimum Gasteiger partial charge on any atom is -0.390 e. The highest BCUT2D eigenvalue weighted by molar-refractivity contribution is 4.74. The first-order valence-electron chi connectivity index (χ1n) is 3.35. The van der Waals surface area contributed by atoms with Crippen LogP contribution in [0, 0.1) is 5.92 Å². The van der Waals surface area contributed by atoms with Crippen molar-refractivity contribution in [3.8, 4) is 0 Å². The van der Waals surface area contributed by atoms with E-state index in [9.17, 15) is 5.11 Å². The summed E-state index contributed by atoms with van der Waals surface area (Å²) in [6.45, 7) is 6.55. The summed E-state index contributed by atoms with van der Waals surface area (Å²) in [4.78, 5) is 0. The van der Waals surface area contributed by atoms with Gasteiger partial charge in [0.2, 0.25) is 0 Å². The van der Waals surface area contributed by atoms with Crippen molar-refractivity contribution in [1.29, 1.82) is 0 Å². The van der Waals surface area contributed by atoms with Gasteiger partial charge in [-0.3, -0.25) is 0 Å². The van der Waals surface area contributed by atoms with Crippen LogP contribution in [-0.4, -0.2) is 24.3 Å². The molecule has 0 fully saturated rings. The first kappa shape index (κ1) is 8.92. The third-order valence-corrected chi connectivity index (χ3v) is 1.72. The molecule has 0 saturated carbocycles. The number of hydrogen-bond acceptors (Lipinski definition) is 2. The Hall–Kier alpha value is -0.0800. The average Bonchev–Trinajstić information content (AvgIpc) is 1.64. The fraction of sp³-hybridized carbons (Fsp3) is 1.00. The van der Waals surface area contributed by atoms with E-state index in [2.05, 4.69) is 5.32 Å². The van der Waals surface area contributed by atoms with Crippen LogP contribution in [0.3, 0.4) is 0 Å². The van der Waals surface area contributed by atoms with Crippen LogP contribution in [0.25, 0.3) is 0 Å². The Bertz CT molecular complexity index is 75.5. The zero-order chi connectivity index (χ0) is 7.49. The molecule has 2 nitrogen and oxygen atoms in total. The van der Waals surface area contributed by atoms with Crippen molar-refractivity contribution in [2.24, 2.45) is 5.92 Å². The minimum atomic E-state index is -0.553. The molecule has 0 bridgehead atoms. The molecule has 0 amide bonds. The standard InChI is InChI=1S/C7H17NO/c1-6(5-8-4)7(2,3)9/h6,8-9H,5H2,1-4H3. The third kappa shape index (κ3) is 3.49. The molecule has 0 aromatic carbocycles. The normalized spacial score (nSPS) is 15.7. The van der Waals surface area contributed by atoms with Gasteiger partial charge in [0.1, 0.15) is 0 Å². The molecule has 0 saturated heterocycles. The Morgan fingerprint density at radius 3 is 2.11 bits per heavy atom. The van der Waals surface area contributed by atoms with E-state index in [1.54, 1.807) is 0 Å². The summed E-state index contributed by atoms with van der Waals surface area (Å²) < 4.78 is 0. The van der Waals surface area contributed by atoms with Crippen LogP contribution in [0.5, 0.6) is 0 Å². The first-order chi connectivity index (χ1) is 3.98. The number of rotatable bonds is 3. The van der Waals surface area contributed by atoms with Gasteiger partial charge in [-0.25, -0.2) is 0 Å². The molecule has 2 heteroatoms. The van der Waals surface area contributed by atoms with Crippen LogP contribution >= 0.6 is 0 Å². The highest BCUT2D eigenvalue weighted by Gasteiger charge is 2.20. The zero-order valence-electron chi connectivity index (χ0n) is 6.73. The largest absolute Gasteiger partial charge is 0.390 e. The fourth-order valence-electron chi connectivity index (χ4n) is 0.556. The predicted molar refractivity (Wildman–Crippen MR) is 39.4 cm³/mol. The van der Waals surface area contributed by atoms with E-state index in [1.807, 2.05) is 27.8 Å². The Kier molecular flexibility index (Phi) is 3.15. The van der Waals surface area contributed by atoms with Gasteiger partial charge < -0.3 is 10.4 Å². The number of nitrogens with one attached hydrogen (secondary N) is 1. The first-order valence-corrected chi connectivity index (χ1v) is 3.35. The second-order valence-corrected chi connectivity index (χ2v) is 3.11. The fourth-order valence-corrected chi connectivity index (χ4v) is 0.556.